The van der Waals surface area contributed by atoms with Gasteiger partial charge in [-0.2, -0.15) is 0 Å². The van der Waals surface area contributed by atoms with Crippen LogP contribution in [0.15, 0.2) is 27.3 Å². The van der Waals surface area contributed by atoms with E-state index < -0.39 is 35.7 Å². The summed E-state index contributed by atoms with van der Waals surface area (Å²) < 4.78 is 11.1. The number of methoxy groups -OCH3 is 1. The molecule has 1 aliphatic rings. The van der Waals surface area contributed by atoms with Crippen LogP contribution >= 0.6 is 0 Å². The largest absolute Gasteiger partial charge is 0.507 e. The van der Waals surface area contributed by atoms with Crippen molar-refractivity contribution in [1.29, 1.82) is 0 Å². The lowest BCUT2D eigenvalue weighted by Crippen LogP contribution is -2.14. The van der Waals surface area contributed by atoms with Crippen LogP contribution in [0.1, 0.15) is 60.4 Å². The Balaban J connectivity index is 1.94. The molecular weight excluding hydrogens is 580 g/mol. The summed E-state index contributed by atoms with van der Waals surface area (Å²) in [4.78, 5) is 40.8. The van der Waals surface area contributed by atoms with Crippen LogP contribution in [-0.2, 0) is 29.2 Å². The molecule has 0 aromatic heterocycles. The van der Waals surface area contributed by atoms with E-state index in [-0.39, 0.29) is 57.8 Å². The third kappa shape index (κ3) is 4.35. The van der Waals surface area contributed by atoms with E-state index in [4.69, 9.17) is 14.6 Å². The van der Waals surface area contributed by atoms with E-state index in [9.17, 15) is 34.8 Å². The zero-order valence-corrected chi connectivity index (χ0v) is 25.2. The number of hydrogen-bond donors (Lipinski definition) is 5. The molecule has 0 saturated heterocycles. The molecule has 10 nitrogen and oxygen atoms in total. The van der Waals surface area contributed by atoms with E-state index in [1.165, 1.54) is 26.2 Å². The molecular formula is C35H34O10. The lowest BCUT2D eigenvalue weighted by molar-refractivity contribution is -0.117. The molecule has 0 aliphatic heterocycles. The molecule has 1 atom stereocenters. The number of aliphatic hydroxyl groups excluding tert-OH is 3. The highest BCUT2D eigenvalue weighted by atomic mass is 16.5. The number of fused-ring (bicyclic) bond motifs is 1. The Hall–Kier alpha value is -4.35. The first-order valence-electron chi connectivity index (χ1n) is 14.9. The van der Waals surface area contributed by atoms with Crippen LogP contribution in [0.3, 0.4) is 0 Å². The summed E-state index contributed by atoms with van der Waals surface area (Å²) in [5.74, 6) is -1.89. The smallest absolute Gasteiger partial charge is 0.190 e. The van der Waals surface area contributed by atoms with Gasteiger partial charge in [-0.1, -0.05) is 11.6 Å². The normalized spacial score (nSPS) is 14.7. The van der Waals surface area contributed by atoms with Crippen molar-refractivity contribution >= 4 is 54.9 Å². The summed E-state index contributed by atoms with van der Waals surface area (Å²) in [6, 6.07) is 2.46. The molecule has 0 radical (unpaired) electrons. The van der Waals surface area contributed by atoms with Crippen molar-refractivity contribution in [3.05, 3.63) is 66.0 Å². The van der Waals surface area contributed by atoms with Crippen molar-refractivity contribution in [1.82, 2.24) is 0 Å². The topological polar surface area (TPSA) is 171 Å². The van der Waals surface area contributed by atoms with Crippen molar-refractivity contribution in [2.45, 2.75) is 52.2 Å². The molecule has 0 saturated carbocycles. The van der Waals surface area contributed by atoms with Gasteiger partial charge in [0.15, 0.2) is 22.4 Å². The second-order valence-corrected chi connectivity index (χ2v) is 11.6. The number of hydrogen-bond acceptors (Lipinski definition) is 10. The van der Waals surface area contributed by atoms with Gasteiger partial charge >= 0.3 is 0 Å². The summed E-state index contributed by atoms with van der Waals surface area (Å²) in [6.45, 7) is 2.58. The maximum atomic E-state index is 13.8. The summed E-state index contributed by atoms with van der Waals surface area (Å²) >= 11 is 0. The Morgan fingerprint density at radius 3 is 1.96 bits per heavy atom. The Labute approximate surface area is 257 Å². The third-order valence-electron chi connectivity index (χ3n) is 9.10. The van der Waals surface area contributed by atoms with E-state index in [2.05, 4.69) is 0 Å². The van der Waals surface area contributed by atoms with Gasteiger partial charge in [0.25, 0.3) is 0 Å². The minimum atomic E-state index is -0.912. The molecule has 234 valence electrons. The van der Waals surface area contributed by atoms with E-state index in [0.717, 1.165) is 0 Å². The van der Waals surface area contributed by atoms with E-state index in [0.29, 0.717) is 75.1 Å². The minimum absolute atomic E-state index is 0.0201. The number of ether oxygens (including phenoxy) is 2. The van der Waals surface area contributed by atoms with E-state index in [1.807, 2.05) is 0 Å². The number of rotatable bonds is 11. The number of phenolic OH excluding ortho intramolecular Hbond substituents is 2. The van der Waals surface area contributed by atoms with Gasteiger partial charge in [-0.25, -0.2) is 0 Å². The first kappa shape index (κ1) is 30.7. The highest BCUT2D eigenvalue weighted by Crippen LogP contribution is 2.56. The van der Waals surface area contributed by atoms with Gasteiger partial charge in [0.05, 0.1) is 50.2 Å². The SMILES string of the molecule is COc1c(O)c2c(=O)cc(CO)c3c4c(CO)cc(=O)c5c(O)c(CCCCOCCO)c6c(c(c1C(C(C)=O)C(C)=C6)c23)c54. The zero-order chi connectivity index (χ0) is 32.3. The molecule has 1 unspecified atom stereocenters. The number of unbranched alkanes of at least 4 members (excludes halogenated alkanes) is 1. The zero-order valence-electron chi connectivity index (χ0n) is 25.2. The fourth-order valence-electron chi connectivity index (χ4n) is 7.42. The first-order chi connectivity index (χ1) is 21.6. The summed E-state index contributed by atoms with van der Waals surface area (Å²) in [7, 11) is 1.34. The van der Waals surface area contributed by atoms with Gasteiger partial charge in [-0.3, -0.25) is 14.4 Å². The molecule has 0 amide bonds. The molecule has 45 heavy (non-hydrogen) atoms. The fourth-order valence-corrected chi connectivity index (χ4v) is 7.42. The fraction of sp³-hybridized carbons (Fsp3) is 0.343. The summed E-state index contributed by atoms with van der Waals surface area (Å²) in [5.41, 5.74) is 1.29. The van der Waals surface area contributed by atoms with Crippen LogP contribution in [0.5, 0.6) is 17.2 Å². The third-order valence-corrected chi connectivity index (χ3v) is 9.10. The van der Waals surface area contributed by atoms with E-state index >= 15 is 0 Å². The summed E-state index contributed by atoms with van der Waals surface area (Å²) in [5, 5.41) is 55.6. The highest BCUT2D eigenvalue weighted by molar-refractivity contribution is 6.38. The number of carbonyl (C=O) groups excluding carboxylic acids is 1. The van der Waals surface area contributed by atoms with Crippen molar-refractivity contribution in [2.24, 2.45) is 0 Å². The number of carbonyl (C=O) groups is 1. The molecule has 1 aliphatic carbocycles. The Kier molecular flexibility index (Phi) is 7.86. The maximum Gasteiger partial charge on any atom is 0.190 e. The minimum Gasteiger partial charge on any atom is -0.507 e. The molecule has 0 spiro atoms. The number of aromatic hydroxyl groups is 2. The highest BCUT2D eigenvalue weighted by Gasteiger charge is 2.36. The standard InChI is InChI=1S/C35H34O10/c1-15-10-20-19(6-4-5-8-45-9-7-36)33(42)27-21(40)11-17(13-37)24-25-18(14-38)12-22(41)28-30(25)31(26(20)29(24)27)32(23(15)16(2)39)35(44-3)34(28)43/h10-12,23,36-38,42-43H,4-9,13-14H2,1-3H3. The van der Waals surface area contributed by atoms with Crippen LogP contribution in [-0.4, -0.2) is 58.2 Å². The quantitative estimate of drug-likeness (QED) is 0.0839. The lowest BCUT2D eigenvalue weighted by atomic mass is 9.79. The molecule has 0 bridgehead atoms. The average Bonchev–Trinajstić information content (AvgIpc) is 3.14. The van der Waals surface area contributed by atoms with Crippen molar-refractivity contribution in [3.8, 4) is 17.2 Å². The summed E-state index contributed by atoms with van der Waals surface area (Å²) in [6.07, 6.45) is 3.31. The van der Waals surface area contributed by atoms with Crippen molar-refractivity contribution < 1.29 is 39.8 Å². The molecule has 10 heteroatoms. The van der Waals surface area contributed by atoms with Crippen molar-refractivity contribution in [3.63, 3.8) is 0 Å². The van der Waals surface area contributed by atoms with Gasteiger partial charge in [0.1, 0.15) is 11.5 Å². The number of Topliss-reactive ketones (excluding diaryl/α,β-unsaturated/α-hetero) is 1. The molecule has 0 heterocycles. The molecule has 5 N–H and O–H groups in total. The van der Waals surface area contributed by atoms with Gasteiger partial charge in [0, 0.05) is 28.5 Å². The Morgan fingerprint density at radius 1 is 0.800 bits per heavy atom. The van der Waals surface area contributed by atoms with Crippen LogP contribution in [0.25, 0.3) is 49.2 Å². The predicted octanol–water partition coefficient (Wildman–Crippen LogP) is 3.72. The van der Waals surface area contributed by atoms with Crippen molar-refractivity contribution in [2.75, 3.05) is 26.9 Å². The molecule has 0 fully saturated rings. The number of benzene rings is 5. The Morgan fingerprint density at radius 2 is 1.40 bits per heavy atom. The number of ketones is 1. The van der Waals surface area contributed by atoms with Crippen LogP contribution < -0.4 is 15.6 Å². The number of allylic oxidation sites excluding steroid dienone is 1. The van der Waals surface area contributed by atoms with Crippen LogP contribution in [0.2, 0.25) is 0 Å². The van der Waals surface area contributed by atoms with Crippen LogP contribution in [0.4, 0.5) is 0 Å². The van der Waals surface area contributed by atoms with Gasteiger partial charge in [-0.05, 0) is 83.5 Å². The first-order valence-corrected chi connectivity index (χ1v) is 14.9. The second kappa shape index (κ2) is 11.5. The maximum absolute atomic E-state index is 13.8. The molecule has 6 rings (SSSR count). The van der Waals surface area contributed by atoms with Gasteiger partial charge < -0.3 is 35.0 Å². The van der Waals surface area contributed by atoms with Gasteiger partial charge in [-0.15, -0.1) is 0 Å². The predicted molar refractivity (Wildman–Crippen MR) is 171 cm³/mol. The molecule has 5 aromatic rings. The average molecular weight is 615 g/mol. The van der Waals surface area contributed by atoms with Gasteiger partial charge in [0.2, 0.25) is 0 Å². The monoisotopic (exact) mass is 614 g/mol. The van der Waals surface area contributed by atoms with Crippen LogP contribution in [0, 0.1) is 0 Å². The number of aliphatic hydroxyl groups is 3. The number of phenols is 2. The van der Waals surface area contributed by atoms with E-state index in [1.54, 1.807) is 13.0 Å². The lowest BCUT2D eigenvalue weighted by Gasteiger charge is -2.25. The Bertz CT molecular complexity index is 2160. The second-order valence-electron chi connectivity index (χ2n) is 11.6. The molecule has 5 aromatic carbocycles.